The molecule has 4 aromatic rings. The second kappa shape index (κ2) is 8.16. The molecule has 0 spiro atoms. The van der Waals surface area contributed by atoms with Crippen LogP contribution in [0.3, 0.4) is 0 Å². The van der Waals surface area contributed by atoms with Crippen LogP contribution in [0.1, 0.15) is 19.5 Å². The van der Waals surface area contributed by atoms with Crippen molar-refractivity contribution in [3.05, 3.63) is 75.7 Å². The number of rotatable bonds is 5. The van der Waals surface area contributed by atoms with Crippen molar-refractivity contribution in [2.24, 2.45) is 7.05 Å². The van der Waals surface area contributed by atoms with E-state index in [9.17, 15) is 4.79 Å². The van der Waals surface area contributed by atoms with Crippen LogP contribution in [0.4, 0.5) is 0 Å². The Bertz CT molecular complexity index is 1260. The van der Waals surface area contributed by atoms with E-state index in [0.717, 1.165) is 16.9 Å². The van der Waals surface area contributed by atoms with E-state index in [-0.39, 0.29) is 10.8 Å². The van der Waals surface area contributed by atoms with Crippen molar-refractivity contribution in [3.63, 3.8) is 0 Å². The Labute approximate surface area is 184 Å². The van der Waals surface area contributed by atoms with Crippen LogP contribution < -0.4 is 5.56 Å². The lowest BCUT2D eigenvalue weighted by Crippen LogP contribution is -2.22. The Morgan fingerprint density at radius 1 is 1.00 bits per heavy atom. The molecule has 0 saturated heterocycles. The smallest absolute Gasteiger partial charge is 0.283 e. The molecule has 0 aliphatic carbocycles. The molecule has 154 valence electrons. The Balaban J connectivity index is 2.03. The number of thioether (sulfide) groups is 1. The fraction of sp³-hybridized carbons (Fsp3) is 0.227. The zero-order valence-corrected chi connectivity index (χ0v) is 18.8. The second-order valence-electron chi connectivity index (χ2n) is 7.20. The highest BCUT2D eigenvalue weighted by atomic mass is 35.5. The Hall–Kier alpha value is -2.77. The summed E-state index contributed by atoms with van der Waals surface area (Å²) < 4.78 is 5.35. The minimum atomic E-state index is -0.139. The third kappa shape index (κ3) is 3.48. The molecule has 0 fully saturated rings. The molecule has 2 aromatic heterocycles. The molecule has 4 rings (SSSR count). The molecular weight excluding hydrogens is 418 g/mol. The molecule has 2 aromatic carbocycles. The molecule has 0 amide bonds. The van der Waals surface area contributed by atoms with Gasteiger partial charge in [-0.3, -0.25) is 14.0 Å². The van der Waals surface area contributed by atoms with E-state index in [1.165, 1.54) is 0 Å². The van der Waals surface area contributed by atoms with Crippen LogP contribution in [0.15, 0.2) is 64.5 Å². The number of hydrogen-bond acceptors (Lipinski definition) is 4. The minimum absolute atomic E-state index is 0.139. The minimum Gasteiger partial charge on any atom is -0.283 e. The number of aromatic nitrogens is 5. The fourth-order valence-electron chi connectivity index (χ4n) is 3.39. The van der Waals surface area contributed by atoms with E-state index in [0.29, 0.717) is 21.7 Å². The monoisotopic (exact) mass is 439 g/mol. The van der Waals surface area contributed by atoms with Crippen molar-refractivity contribution in [1.82, 2.24) is 24.1 Å². The molecule has 2 heterocycles. The van der Waals surface area contributed by atoms with Crippen LogP contribution >= 0.6 is 23.4 Å². The highest BCUT2D eigenvalue weighted by Crippen LogP contribution is 2.33. The molecule has 8 heteroatoms. The van der Waals surface area contributed by atoms with Gasteiger partial charge in [0.25, 0.3) is 5.56 Å². The molecule has 0 aliphatic rings. The Kier molecular flexibility index (Phi) is 5.58. The van der Waals surface area contributed by atoms with Gasteiger partial charge in [-0.05, 0) is 31.2 Å². The molecule has 0 N–H and O–H groups in total. The molecule has 0 bridgehead atoms. The van der Waals surface area contributed by atoms with Crippen LogP contribution in [-0.4, -0.2) is 29.4 Å². The summed E-state index contributed by atoms with van der Waals surface area (Å²) in [6, 6.07) is 17.0. The lowest BCUT2D eigenvalue weighted by atomic mass is 10.2. The van der Waals surface area contributed by atoms with Crippen molar-refractivity contribution in [3.8, 4) is 22.8 Å². The molecule has 0 saturated carbocycles. The zero-order chi connectivity index (χ0) is 21.4. The van der Waals surface area contributed by atoms with Crippen LogP contribution in [0.25, 0.3) is 22.8 Å². The zero-order valence-electron chi connectivity index (χ0n) is 17.2. The summed E-state index contributed by atoms with van der Waals surface area (Å²) in [7, 11) is 1.88. The molecule has 0 radical (unpaired) electrons. The van der Waals surface area contributed by atoms with Gasteiger partial charge in [0.1, 0.15) is 5.69 Å². The first-order valence-corrected chi connectivity index (χ1v) is 10.9. The fourth-order valence-corrected chi connectivity index (χ4v) is 4.40. The molecular formula is C22H22ClN5OS. The van der Waals surface area contributed by atoms with Crippen molar-refractivity contribution >= 4 is 23.4 Å². The van der Waals surface area contributed by atoms with Crippen LogP contribution in [0.5, 0.6) is 0 Å². The normalized spacial score (nSPS) is 11.4. The van der Waals surface area contributed by atoms with Gasteiger partial charge in [0.05, 0.1) is 16.4 Å². The largest absolute Gasteiger partial charge is 0.296 e. The third-order valence-corrected chi connectivity index (χ3v) is 6.11. The lowest BCUT2D eigenvalue weighted by molar-refractivity contribution is 0.630. The number of para-hydroxylation sites is 1. The average Bonchev–Trinajstić information content (AvgIpc) is 3.20. The van der Waals surface area contributed by atoms with E-state index < -0.39 is 0 Å². The molecule has 30 heavy (non-hydrogen) atoms. The maximum absolute atomic E-state index is 13.6. The first kappa shape index (κ1) is 20.5. The van der Waals surface area contributed by atoms with Gasteiger partial charge in [-0.2, -0.15) is 0 Å². The third-order valence-electron chi connectivity index (χ3n) is 4.84. The van der Waals surface area contributed by atoms with E-state index in [2.05, 4.69) is 24.0 Å². The van der Waals surface area contributed by atoms with Crippen LogP contribution in [0.2, 0.25) is 5.02 Å². The first-order chi connectivity index (χ1) is 14.4. The van der Waals surface area contributed by atoms with Gasteiger partial charge < -0.3 is 0 Å². The lowest BCUT2D eigenvalue weighted by Gasteiger charge is -2.11. The number of halogens is 1. The predicted octanol–water partition coefficient (Wildman–Crippen LogP) is 4.89. The topological polar surface area (TPSA) is 57.6 Å². The summed E-state index contributed by atoms with van der Waals surface area (Å²) in [6.45, 7) is 6.09. The summed E-state index contributed by atoms with van der Waals surface area (Å²) >= 11 is 8.03. The summed E-state index contributed by atoms with van der Waals surface area (Å²) in [5, 5.41) is 10.3. The maximum atomic E-state index is 13.6. The van der Waals surface area contributed by atoms with Gasteiger partial charge in [-0.15, -0.1) is 10.2 Å². The van der Waals surface area contributed by atoms with E-state index in [1.807, 2.05) is 77.8 Å². The van der Waals surface area contributed by atoms with Crippen LogP contribution in [0, 0.1) is 6.92 Å². The molecule has 0 atom stereocenters. The summed E-state index contributed by atoms with van der Waals surface area (Å²) in [6.07, 6.45) is 0. The van der Waals surface area contributed by atoms with Gasteiger partial charge in [0.2, 0.25) is 0 Å². The Morgan fingerprint density at radius 2 is 1.67 bits per heavy atom. The quantitative estimate of drug-likeness (QED) is 0.415. The SMILES string of the molecule is Cc1c(-n2c(SC(C)C)nnc2-c2ccccc2Cl)c(=O)n(-c2ccccc2)n1C. The standard InChI is InChI=1S/C22H22ClN5OS/c1-14(2)30-22-25-24-20(17-12-8-9-13-18(17)23)27(22)19-15(3)26(4)28(21(19)29)16-10-6-5-7-11-16/h5-14H,1-4H3. The number of benzene rings is 2. The molecule has 0 aliphatic heterocycles. The van der Waals surface area contributed by atoms with Gasteiger partial charge in [0.15, 0.2) is 11.0 Å². The van der Waals surface area contributed by atoms with E-state index in [1.54, 1.807) is 16.4 Å². The summed E-state index contributed by atoms with van der Waals surface area (Å²) in [4.78, 5) is 13.6. The first-order valence-electron chi connectivity index (χ1n) is 9.61. The predicted molar refractivity (Wildman–Crippen MR) is 122 cm³/mol. The summed E-state index contributed by atoms with van der Waals surface area (Å²) in [5.74, 6) is 0.551. The highest BCUT2D eigenvalue weighted by Gasteiger charge is 2.26. The van der Waals surface area contributed by atoms with Gasteiger partial charge >= 0.3 is 0 Å². The van der Waals surface area contributed by atoms with Crippen molar-refractivity contribution < 1.29 is 0 Å². The van der Waals surface area contributed by atoms with Crippen molar-refractivity contribution in [2.75, 3.05) is 0 Å². The average molecular weight is 440 g/mol. The van der Waals surface area contributed by atoms with Gasteiger partial charge in [0, 0.05) is 17.9 Å². The van der Waals surface area contributed by atoms with Gasteiger partial charge in [-0.1, -0.05) is 67.5 Å². The molecule has 6 nitrogen and oxygen atoms in total. The van der Waals surface area contributed by atoms with Crippen molar-refractivity contribution in [2.45, 2.75) is 31.2 Å². The number of nitrogens with zero attached hydrogens (tertiary/aromatic N) is 5. The Morgan fingerprint density at radius 3 is 2.33 bits per heavy atom. The van der Waals surface area contributed by atoms with Crippen LogP contribution in [-0.2, 0) is 7.05 Å². The highest BCUT2D eigenvalue weighted by molar-refractivity contribution is 7.99. The molecule has 0 unspecified atom stereocenters. The maximum Gasteiger partial charge on any atom is 0.296 e. The number of hydrogen-bond donors (Lipinski definition) is 0. The van der Waals surface area contributed by atoms with E-state index >= 15 is 0 Å². The van der Waals surface area contributed by atoms with E-state index in [4.69, 9.17) is 11.6 Å². The summed E-state index contributed by atoms with van der Waals surface area (Å²) in [5.41, 5.74) is 2.72. The second-order valence-corrected chi connectivity index (χ2v) is 9.15. The van der Waals surface area contributed by atoms with Gasteiger partial charge in [-0.25, -0.2) is 4.68 Å². The van der Waals surface area contributed by atoms with Crippen molar-refractivity contribution in [1.29, 1.82) is 0 Å².